The van der Waals surface area contributed by atoms with Gasteiger partial charge >= 0.3 is 0 Å². The summed E-state index contributed by atoms with van der Waals surface area (Å²) >= 11 is 0. The number of phenols is 1. The molecule has 1 rings (SSSR count). The number of amides is 1. The summed E-state index contributed by atoms with van der Waals surface area (Å²) in [5, 5.41) is 59.6. The number of aromatic hydroxyl groups is 1. The number of phenolic OH excluding ortho intramolecular Hbond substituents is 1. The third kappa shape index (κ3) is 5.96. The lowest BCUT2D eigenvalue weighted by molar-refractivity contribution is -0.148. The Labute approximate surface area is 143 Å². The largest absolute Gasteiger partial charge is 0.504 e. The van der Waals surface area contributed by atoms with Gasteiger partial charge in [0.25, 0.3) is 5.91 Å². The van der Waals surface area contributed by atoms with Crippen LogP contribution < -0.4 is 10.2 Å². The van der Waals surface area contributed by atoms with Crippen LogP contribution >= 0.6 is 0 Å². The molecular formula is C15H22N2O8. The minimum absolute atomic E-state index is 0.0574. The fourth-order valence-corrected chi connectivity index (χ4v) is 1.80. The van der Waals surface area contributed by atoms with Crippen molar-refractivity contribution in [2.24, 2.45) is 5.10 Å². The maximum Gasteiger partial charge on any atom is 0.271 e. The van der Waals surface area contributed by atoms with Crippen LogP contribution in [-0.4, -0.2) is 80.4 Å². The predicted octanol–water partition coefficient (Wildman–Crippen LogP) is -2.32. The molecule has 10 nitrogen and oxygen atoms in total. The molecule has 140 valence electrons. The number of ether oxygens (including phenoxy) is 1. The molecule has 1 amide bonds. The van der Waals surface area contributed by atoms with Crippen molar-refractivity contribution in [3.63, 3.8) is 0 Å². The van der Waals surface area contributed by atoms with Crippen LogP contribution in [0.4, 0.5) is 0 Å². The Morgan fingerprint density at radius 3 is 2.56 bits per heavy atom. The van der Waals surface area contributed by atoms with Gasteiger partial charge in [0.15, 0.2) is 17.6 Å². The third-order valence-electron chi connectivity index (χ3n) is 3.20. The van der Waals surface area contributed by atoms with Crippen molar-refractivity contribution in [2.45, 2.75) is 31.3 Å². The van der Waals surface area contributed by atoms with Crippen molar-refractivity contribution in [1.29, 1.82) is 0 Å². The van der Waals surface area contributed by atoms with Crippen LogP contribution in [0.15, 0.2) is 23.3 Å². The summed E-state index contributed by atoms with van der Waals surface area (Å²) in [7, 11) is 0. The standard InChI is InChI=1S/C15H22N2O8/c1-2-25-11-5-8(3-4-9(11)19)6-16-17-15(24)14(23)13(22)12(21)10(20)7-18/h3-6,10,12-14,18-23H,2,7H2,1H3,(H,17,24)/b16-6-/t10-,12-,13+,14+/m0/s1. The Morgan fingerprint density at radius 1 is 1.28 bits per heavy atom. The highest BCUT2D eigenvalue weighted by Crippen LogP contribution is 2.26. The van der Waals surface area contributed by atoms with Crippen LogP contribution in [0.2, 0.25) is 0 Å². The highest BCUT2D eigenvalue weighted by Gasteiger charge is 2.34. The number of aliphatic hydroxyl groups excluding tert-OH is 5. The zero-order chi connectivity index (χ0) is 19.0. The van der Waals surface area contributed by atoms with E-state index in [1.165, 1.54) is 24.4 Å². The smallest absolute Gasteiger partial charge is 0.271 e. The Hall–Kier alpha value is -2.24. The first-order chi connectivity index (χ1) is 11.8. The topological polar surface area (TPSA) is 172 Å². The van der Waals surface area contributed by atoms with Crippen LogP contribution in [-0.2, 0) is 4.79 Å². The quantitative estimate of drug-likeness (QED) is 0.190. The second kappa shape index (κ2) is 9.91. The van der Waals surface area contributed by atoms with E-state index in [0.29, 0.717) is 12.2 Å². The van der Waals surface area contributed by atoms with Crippen molar-refractivity contribution in [3.8, 4) is 11.5 Å². The fourth-order valence-electron chi connectivity index (χ4n) is 1.80. The summed E-state index contributed by atoms with van der Waals surface area (Å²) < 4.78 is 5.19. The van der Waals surface area contributed by atoms with Gasteiger partial charge in [-0.2, -0.15) is 5.10 Å². The molecular weight excluding hydrogens is 336 g/mol. The molecule has 0 saturated carbocycles. The summed E-state index contributed by atoms with van der Waals surface area (Å²) in [5.74, 6) is -0.955. The average molecular weight is 358 g/mol. The van der Waals surface area contributed by atoms with E-state index in [9.17, 15) is 30.3 Å². The van der Waals surface area contributed by atoms with Gasteiger partial charge in [-0.1, -0.05) is 0 Å². The molecule has 0 heterocycles. The van der Waals surface area contributed by atoms with Crippen molar-refractivity contribution in [2.75, 3.05) is 13.2 Å². The molecule has 0 aromatic heterocycles. The van der Waals surface area contributed by atoms with Crippen molar-refractivity contribution >= 4 is 12.1 Å². The van der Waals surface area contributed by atoms with Gasteiger partial charge in [-0.05, 0) is 30.7 Å². The van der Waals surface area contributed by atoms with E-state index in [2.05, 4.69) is 5.10 Å². The molecule has 0 unspecified atom stereocenters. The molecule has 4 atom stereocenters. The lowest BCUT2D eigenvalue weighted by atomic mass is 10.0. The lowest BCUT2D eigenvalue weighted by Crippen LogP contribution is -2.50. The van der Waals surface area contributed by atoms with E-state index in [1.54, 1.807) is 6.92 Å². The molecule has 7 N–H and O–H groups in total. The fraction of sp³-hybridized carbons (Fsp3) is 0.467. The van der Waals surface area contributed by atoms with Crippen LogP contribution in [0.1, 0.15) is 12.5 Å². The number of hydrogen-bond donors (Lipinski definition) is 7. The predicted molar refractivity (Wildman–Crippen MR) is 86.1 cm³/mol. The van der Waals surface area contributed by atoms with Gasteiger partial charge < -0.3 is 35.4 Å². The minimum Gasteiger partial charge on any atom is -0.504 e. The molecule has 0 radical (unpaired) electrons. The highest BCUT2D eigenvalue weighted by molar-refractivity contribution is 5.85. The summed E-state index contributed by atoms with van der Waals surface area (Å²) in [6.07, 6.45) is -6.52. The van der Waals surface area contributed by atoms with Crippen molar-refractivity contribution in [3.05, 3.63) is 23.8 Å². The molecule has 0 aliphatic rings. The van der Waals surface area contributed by atoms with Gasteiger partial charge in [0, 0.05) is 0 Å². The van der Waals surface area contributed by atoms with Crippen LogP contribution in [0.25, 0.3) is 0 Å². The number of aliphatic hydroxyl groups is 5. The number of rotatable bonds is 9. The first-order valence-corrected chi connectivity index (χ1v) is 7.43. The van der Waals surface area contributed by atoms with Gasteiger partial charge in [-0.3, -0.25) is 4.79 Å². The Kier molecular flexibility index (Phi) is 8.25. The number of carbonyl (C=O) groups is 1. The number of hydrazone groups is 1. The molecule has 1 aromatic carbocycles. The molecule has 0 aliphatic carbocycles. The monoisotopic (exact) mass is 358 g/mol. The third-order valence-corrected chi connectivity index (χ3v) is 3.20. The maximum atomic E-state index is 11.7. The van der Waals surface area contributed by atoms with Crippen molar-refractivity contribution < 1.29 is 40.2 Å². The maximum absolute atomic E-state index is 11.7. The molecule has 10 heteroatoms. The molecule has 0 spiro atoms. The average Bonchev–Trinajstić information content (AvgIpc) is 2.61. The van der Waals surface area contributed by atoms with E-state index >= 15 is 0 Å². The van der Waals surface area contributed by atoms with Gasteiger partial charge in [0.2, 0.25) is 0 Å². The number of carbonyl (C=O) groups excluding carboxylic acids is 1. The molecule has 0 aliphatic heterocycles. The summed E-state index contributed by atoms with van der Waals surface area (Å²) in [6.45, 7) is 1.24. The number of benzene rings is 1. The first-order valence-electron chi connectivity index (χ1n) is 7.43. The summed E-state index contributed by atoms with van der Waals surface area (Å²) in [5.41, 5.74) is 2.43. The Bertz CT molecular complexity index is 595. The van der Waals surface area contributed by atoms with Gasteiger partial charge in [-0.25, -0.2) is 5.43 Å². The second-order valence-corrected chi connectivity index (χ2v) is 5.07. The SMILES string of the molecule is CCOc1cc(/C=N\NC(=O)[C@H](O)[C@H](O)[C@@H](O)[C@@H](O)CO)ccc1O. The van der Waals surface area contributed by atoms with E-state index in [1.807, 2.05) is 5.43 Å². The Balaban J connectivity index is 2.66. The number of nitrogens with zero attached hydrogens (tertiary/aromatic N) is 1. The number of hydrogen-bond acceptors (Lipinski definition) is 9. The molecule has 0 saturated heterocycles. The van der Waals surface area contributed by atoms with E-state index in [0.717, 1.165) is 0 Å². The zero-order valence-electron chi connectivity index (χ0n) is 13.5. The van der Waals surface area contributed by atoms with Gasteiger partial charge in [-0.15, -0.1) is 0 Å². The normalized spacial score (nSPS) is 16.2. The van der Waals surface area contributed by atoms with E-state index < -0.39 is 36.9 Å². The second-order valence-electron chi connectivity index (χ2n) is 5.07. The van der Waals surface area contributed by atoms with Crippen molar-refractivity contribution in [1.82, 2.24) is 5.43 Å². The van der Waals surface area contributed by atoms with Gasteiger partial charge in [0.1, 0.15) is 18.3 Å². The van der Waals surface area contributed by atoms with E-state index in [4.69, 9.17) is 9.84 Å². The highest BCUT2D eigenvalue weighted by atomic mass is 16.5. The molecule has 1 aromatic rings. The zero-order valence-corrected chi connectivity index (χ0v) is 13.5. The Morgan fingerprint density at radius 2 is 1.96 bits per heavy atom. The van der Waals surface area contributed by atoms with Crippen LogP contribution in [0.5, 0.6) is 11.5 Å². The van der Waals surface area contributed by atoms with Crippen LogP contribution in [0.3, 0.4) is 0 Å². The minimum atomic E-state index is -2.08. The van der Waals surface area contributed by atoms with Gasteiger partial charge in [0.05, 0.1) is 19.4 Å². The summed E-state index contributed by atoms with van der Waals surface area (Å²) in [6, 6.07) is 4.35. The summed E-state index contributed by atoms with van der Waals surface area (Å²) in [4.78, 5) is 11.7. The number of nitrogens with one attached hydrogen (secondary N) is 1. The molecule has 25 heavy (non-hydrogen) atoms. The van der Waals surface area contributed by atoms with Crippen LogP contribution in [0, 0.1) is 0 Å². The first kappa shape index (κ1) is 20.8. The molecule has 0 bridgehead atoms. The molecule has 0 fully saturated rings. The lowest BCUT2D eigenvalue weighted by Gasteiger charge is -2.24. The van der Waals surface area contributed by atoms with E-state index in [-0.39, 0.29) is 11.5 Å².